The highest BCUT2D eigenvalue weighted by molar-refractivity contribution is 5.69. The summed E-state index contributed by atoms with van der Waals surface area (Å²) in [4.78, 5) is 8.24. The third-order valence-corrected chi connectivity index (χ3v) is 2.79. The van der Waals surface area contributed by atoms with E-state index in [4.69, 9.17) is 4.74 Å². The molecular weight excluding hydrogens is 259 g/mol. The molecule has 5 nitrogen and oxygen atoms in total. The van der Waals surface area contributed by atoms with E-state index in [1.807, 2.05) is 6.92 Å². The Balaban J connectivity index is 2.32. The van der Waals surface area contributed by atoms with Gasteiger partial charge in [-0.2, -0.15) is 0 Å². The van der Waals surface area contributed by atoms with Crippen molar-refractivity contribution in [1.82, 2.24) is 9.97 Å². The molecule has 0 aliphatic rings. The molecule has 1 heterocycles. The van der Waals surface area contributed by atoms with Crippen molar-refractivity contribution in [2.24, 2.45) is 0 Å². The van der Waals surface area contributed by atoms with Gasteiger partial charge in [0, 0.05) is 12.2 Å². The Bertz CT molecular complexity index is 604. The average molecular weight is 276 g/mol. The quantitative estimate of drug-likeness (QED) is 0.878. The minimum absolute atomic E-state index is 0.269. The van der Waals surface area contributed by atoms with E-state index >= 15 is 0 Å². The Morgan fingerprint density at radius 1 is 1.25 bits per heavy atom. The van der Waals surface area contributed by atoms with Crippen LogP contribution in [0.25, 0.3) is 0 Å². The maximum Gasteiger partial charge on any atom is 0.204 e. The van der Waals surface area contributed by atoms with E-state index in [1.165, 1.54) is 12.4 Å². The zero-order valence-corrected chi connectivity index (χ0v) is 11.7. The van der Waals surface area contributed by atoms with Crippen LogP contribution >= 0.6 is 0 Å². The van der Waals surface area contributed by atoms with Gasteiger partial charge >= 0.3 is 0 Å². The van der Waals surface area contributed by atoms with Crippen molar-refractivity contribution in [3.8, 4) is 5.75 Å². The summed E-state index contributed by atoms with van der Waals surface area (Å²) in [6.07, 6.45) is 1.42. The molecule has 0 aliphatic carbocycles. The first kappa shape index (κ1) is 14.0. The predicted octanol–water partition coefficient (Wildman–Crippen LogP) is 3.11. The molecule has 0 amide bonds. The van der Waals surface area contributed by atoms with Gasteiger partial charge < -0.3 is 15.4 Å². The van der Waals surface area contributed by atoms with Crippen LogP contribution in [-0.2, 0) is 0 Å². The van der Waals surface area contributed by atoms with Gasteiger partial charge in [-0.1, -0.05) is 6.07 Å². The summed E-state index contributed by atoms with van der Waals surface area (Å²) in [7, 11) is 1.54. The Labute approximate surface area is 117 Å². The van der Waals surface area contributed by atoms with Crippen LogP contribution in [0.3, 0.4) is 0 Å². The minimum Gasteiger partial charge on any atom is -0.490 e. The van der Waals surface area contributed by atoms with E-state index in [0.717, 1.165) is 0 Å². The van der Waals surface area contributed by atoms with Crippen LogP contribution in [0.2, 0.25) is 0 Å². The fraction of sp³-hybridized carbons (Fsp3) is 0.286. The SMILES string of the molecule is CCNc1ncnc(Nc2ccc(C)c(F)c2)c1OC. The lowest BCUT2D eigenvalue weighted by Crippen LogP contribution is -2.06. The number of ether oxygens (including phenoxy) is 1. The van der Waals surface area contributed by atoms with Crippen molar-refractivity contribution in [3.63, 3.8) is 0 Å². The molecule has 2 aromatic rings. The van der Waals surface area contributed by atoms with Crippen molar-refractivity contribution in [1.29, 1.82) is 0 Å². The molecule has 0 radical (unpaired) electrons. The van der Waals surface area contributed by atoms with E-state index in [2.05, 4.69) is 20.6 Å². The number of benzene rings is 1. The number of methoxy groups -OCH3 is 1. The summed E-state index contributed by atoms with van der Waals surface area (Å²) in [5.74, 6) is 1.31. The molecule has 1 aromatic carbocycles. The third-order valence-electron chi connectivity index (χ3n) is 2.79. The molecule has 106 valence electrons. The summed E-state index contributed by atoms with van der Waals surface area (Å²) < 4.78 is 18.9. The van der Waals surface area contributed by atoms with Crippen LogP contribution in [-0.4, -0.2) is 23.6 Å². The molecule has 0 atom stereocenters. The molecule has 0 fully saturated rings. The number of nitrogens with one attached hydrogen (secondary N) is 2. The molecule has 0 spiro atoms. The van der Waals surface area contributed by atoms with E-state index in [-0.39, 0.29) is 5.82 Å². The summed E-state index contributed by atoms with van der Waals surface area (Å²) in [6, 6.07) is 4.91. The highest BCUT2D eigenvalue weighted by Gasteiger charge is 2.12. The topological polar surface area (TPSA) is 59.1 Å². The van der Waals surface area contributed by atoms with Crippen molar-refractivity contribution in [2.45, 2.75) is 13.8 Å². The maximum atomic E-state index is 13.5. The largest absolute Gasteiger partial charge is 0.490 e. The highest BCUT2D eigenvalue weighted by atomic mass is 19.1. The van der Waals surface area contributed by atoms with Gasteiger partial charge in [-0.25, -0.2) is 14.4 Å². The van der Waals surface area contributed by atoms with Gasteiger partial charge in [0.1, 0.15) is 12.1 Å². The number of halogens is 1. The lowest BCUT2D eigenvalue weighted by atomic mass is 10.2. The first-order valence-corrected chi connectivity index (χ1v) is 6.31. The first-order chi connectivity index (χ1) is 9.65. The average Bonchev–Trinajstić information content (AvgIpc) is 2.44. The summed E-state index contributed by atoms with van der Waals surface area (Å²) in [6.45, 7) is 4.39. The normalized spacial score (nSPS) is 10.2. The summed E-state index contributed by atoms with van der Waals surface area (Å²) in [5.41, 5.74) is 1.20. The van der Waals surface area contributed by atoms with E-state index in [9.17, 15) is 4.39 Å². The Morgan fingerprint density at radius 3 is 2.65 bits per heavy atom. The second-order valence-corrected chi connectivity index (χ2v) is 4.22. The zero-order valence-electron chi connectivity index (χ0n) is 11.7. The molecule has 20 heavy (non-hydrogen) atoms. The second kappa shape index (κ2) is 6.18. The molecular formula is C14H17FN4O. The Hall–Kier alpha value is -2.37. The number of aromatic nitrogens is 2. The fourth-order valence-corrected chi connectivity index (χ4v) is 1.76. The van der Waals surface area contributed by atoms with Crippen LogP contribution in [0.1, 0.15) is 12.5 Å². The van der Waals surface area contributed by atoms with Crippen molar-refractivity contribution in [3.05, 3.63) is 35.9 Å². The predicted molar refractivity (Wildman–Crippen MR) is 77.2 cm³/mol. The van der Waals surface area contributed by atoms with E-state index < -0.39 is 0 Å². The number of aryl methyl sites for hydroxylation is 1. The standard InChI is InChI=1S/C14H17FN4O/c1-4-16-13-12(20-3)14(18-8-17-13)19-10-6-5-9(2)11(15)7-10/h5-8H,4H2,1-3H3,(H2,16,17,18,19). The third kappa shape index (κ3) is 2.96. The van der Waals surface area contributed by atoms with Crippen molar-refractivity contribution < 1.29 is 9.13 Å². The van der Waals surface area contributed by atoms with Crippen LogP contribution in [0, 0.1) is 12.7 Å². The van der Waals surface area contributed by atoms with E-state index in [0.29, 0.717) is 35.2 Å². The Kier molecular flexibility index (Phi) is 4.34. The number of rotatable bonds is 5. The molecule has 2 rings (SSSR count). The monoisotopic (exact) mass is 276 g/mol. The molecule has 0 unspecified atom stereocenters. The van der Waals surface area contributed by atoms with Crippen LogP contribution in [0.15, 0.2) is 24.5 Å². The molecule has 0 saturated carbocycles. The van der Waals surface area contributed by atoms with Gasteiger partial charge in [0.25, 0.3) is 0 Å². The van der Waals surface area contributed by atoms with Crippen LogP contribution < -0.4 is 15.4 Å². The van der Waals surface area contributed by atoms with E-state index in [1.54, 1.807) is 26.2 Å². The minimum atomic E-state index is -0.269. The summed E-state index contributed by atoms with van der Waals surface area (Å²) in [5, 5.41) is 6.12. The number of hydrogen-bond donors (Lipinski definition) is 2. The van der Waals surface area contributed by atoms with Crippen LogP contribution in [0.4, 0.5) is 21.7 Å². The Morgan fingerprint density at radius 2 is 2.00 bits per heavy atom. The number of hydrogen-bond acceptors (Lipinski definition) is 5. The lowest BCUT2D eigenvalue weighted by molar-refractivity contribution is 0.415. The van der Waals surface area contributed by atoms with Gasteiger partial charge in [0.2, 0.25) is 5.75 Å². The van der Waals surface area contributed by atoms with Gasteiger partial charge in [-0.15, -0.1) is 0 Å². The number of anilines is 3. The van der Waals surface area contributed by atoms with Gasteiger partial charge in [0.05, 0.1) is 7.11 Å². The zero-order chi connectivity index (χ0) is 14.5. The number of nitrogens with zero attached hydrogens (tertiary/aromatic N) is 2. The van der Waals surface area contributed by atoms with Crippen molar-refractivity contribution in [2.75, 3.05) is 24.3 Å². The second-order valence-electron chi connectivity index (χ2n) is 4.22. The molecule has 0 bridgehead atoms. The van der Waals surface area contributed by atoms with Crippen molar-refractivity contribution >= 4 is 17.3 Å². The fourth-order valence-electron chi connectivity index (χ4n) is 1.76. The smallest absolute Gasteiger partial charge is 0.204 e. The molecule has 0 saturated heterocycles. The molecule has 2 N–H and O–H groups in total. The van der Waals surface area contributed by atoms with Gasteiger partial charge in [0.15, 0.2) is 11.6 Å². The molecule has 1 aromatic heterocycles. The molecule has 6 heteroatoms. The molecule has 0 aliphatic heterocycles. The lowest BCUT2D eigenvalue weighted by Gasteiger charge is -2.13. The maximum absolute atomic E-state index is 13.5. The van der Waals surface area contributed by atoms with Crippen LogP contribution in [0.5, 0.6) is 5.75 Å². The summed E-state index contributed by atoms with van der Waals surface area (Å²) >= 11 is 0. The van der Waals surface area contributed by atoms with Gasteiger partial charge in [-0.05, 0) is 31.5 Å². The first-order valence-electron chi connectivity index (χ1n) is 6.31. The van der Waals surface area contributed by atoms with Gasteiger partial charge in [-0.3, -0.25) is 0 Å². The highest BCUT2D eigenvalue weighted by Crippen LogP contribution is 2.31.